The average Bonchev–Trinajstić information content (AvgIpc) is 3.11. The molecule has 2 heterocycles. The Hall–Kier alpha value is -1.93. The van der Waals surface area contributed by atoms with Gasteiger partial charge in [0.1, 0.15) is 5.60 Å². The maximum Gasteiger partial charge on any atom is 0.191 e. The monoisotopic (exact) mass is 364 g/mol. The van der Waals surface area contributed by atoms with Crippen LogP contribution >= 0.6 is 11.3 Å². The van der Waals surface area contributed by atoms with Crippen molar-refractivity contribution in [1.29, 1.82) is 0 Å². The van der Waals surface area contributed by atoms with Crippen LogP contribution < -0.4 is 10.6 Å². The third kappa shape index (κ3) is 5.54. The first-order valence-corrected chi connectivity index (χ1v) is 9.30. The van der Waals surface area contributed by atoms with Crippen LogP contribution in [-0.4, -0.2) is 45.5 Å². The molecule has 0 aliphatic rings. The predicted molar refractivity (Wildman–Crippen MR) is 102 cm³/mol. The van der Waals surface area contributed by atoms with Crippen molar-refractivity contribution in [3.8, 4) is 0 Å². The molecule has 0 aliphatic heterocycles. The Labute approximate surface area is 153 Å². The van der Waals surface area contributed by atoms with Gasteiger partial charge in [-0.1, -0.05) is 0 Å². The molecule has 0 saturated carbocycles. The zero-order valence-corrected chi connectivity index (χ0v) is 16.4. The number of guanidine groups is 1. The van der Waals surface area contributed by atoms with Gasteiger partial charge in [-0.15, -0.1) is 11.3 Å². The summed E-state index contributed by atoms with van der Waals surface area (Å²) >= 11 is 1.74. The lowest BCUT2D eigenvalue weighted by Crippen LogP contribution is -2.39. The van der Waals surface area contributed by atoms with E-state index in [4.69, 9.17) is 0 Å². The van der Waals surface area contributed by atoms with E-state index in [0.717, 1.165) is 35.8 Å². The quantitative estimate of drug-likeness (QED) is 0.512. The number of rotatable bonds is 7. The molecular formula is C17H28N6OS. The van der Waals surface area contributed by atoms with Crippen LogP contribution in [0.2, 0.25) is 0 Å². The van der Waals surface area contributed by atoms with Crippen molar-refractivity contribution >= 4 is 17.3 Å². The van der Waals surface area contributed by atoms with Crippen LogP contribution in [0.4, 0.5) is 0 Å². The van der Waals surface area contributed by atoms with Crippen molar-refractivity contribution in [3.05, 3.63) is 33.5 Å². The van der Waals surface area contributed by atoms with E-state index < -0.39 is 5.60 Å². The van der Waals surface area contributed by atoms with Gasteiger partial charge in [0, 0.05) is 43.2 Å². The molecule has 0 fully saturated rings. The van der Waals surface area contributed by atoms with E-state index in [-0.39, 0.29) is 6.54 Å². The molecule has 2 aromatic rings. The van der Waals surface area contributed by atoms with Gasteiger partial charge in [-0.2, -0.15) is 5.10 Å². The lowest BCUT2D eigenvalue weighted by atomic mass is 10.0. The average molecular weight is 365 g/mol. The van der Waals surface area contributed by atoms with Gasteiger partial charge in [-0.05, 0) is 27.7 Å². The molecule has 7 nitrogen and oxygen atoms in total. The topological polar surface area (TPSA) is 87.4 Å². The van der Waals surface area contributed by atoms with Crippen LogP contribution in [0.25, 0.3) is 0 Å². The molecule has 25 heavy (non-hydrogen) atoms. The lowest BCUT2D eigenvalue weighted by Gasteiger charge is -2.20. The molecule has 0 spiro atoms. The molecular weight excluding hydrogens is 336 g/mol. The number of thiazole rings is 1. The van der Waals surface area contributed by atoms with Crippen LogP contribution in [0.3, 0.4) is 0 Å². The Morgan fingerprint density at radius 2 is 2.16 bits per heavy atom. The zero-order chi connectivity index (χ0) is 18.4. The predicted octanol–water partition coefficient (Wildman–Crippen LogP) is 1.50. The van der Waals surface area contributed by atoms with Crippen molar-refractivity contribution in [2.24, 2.45) is 12.0 Å². The highest BCUT2D eigenvalue weighted by Gasteiger charge is 2.24. The van der Waals surface area contributed by atoms with E-state index in [1.54, 1.807) is 29.1 Å². The summed E-state index contributed by atoms with van der Waals surface area (Å²) in [5, 5.41) is 22.4. The number of aliphatic hydroxyl groups is 1. The maximum atomic E-state index is 10.6. The second-order valence-corrected chi connectivity index (χ2v) is 7.58. The van der Waals surface area contributed by atoms with Crippen molar-refractivity contribution in [3.63, 3.8) is 0 Å². The number of hydrogen-bond acceptors (Lipinski definition) is 5. The fourth-order valence-corrected chi connectivity index (χ4v) is 3.40. The van der Waals surface area contributed by atoms with Crippen LogP contribution in [0.5, 0.6) is 0 Å². The van der Waals surface area contributed by atoms with E-state index in [1.807, 2.05) is 34.0 Å². The van der Waals surface area contributed by atoms with E-state index >= 15 is 0 Å². The molecule has 3 N–H and O–H groups in total. The van der Waals surface area contributed by atoms with Gasteiger partial charge in [0.25, 0.3) is 0 Å². The first-order valence-electron chi connectivity index (χ1n) is 8.48. The smallest absolute Gasteiger partial charge is 0.191 e. The van der Waals surface area contributed by atoms with E-state index in [0.29, 0.717) is 5.96 Å². The van der Waals surface area contributed by atoms with Crippen molar-refractivity contribution in [2.45, 2.75) is 39.7 Å². The minimum absolute atomic E-state index is 0.257. The Morgan fingerprint density at radius 1 is 1.40 bits per heavy atom. The molecule has 2 rings (SSSR count). The minimum atomic E-state index is -1.05. The van der Waals surface area contributed by atoms with Gasteiger partial charge < -0.3 is 15.7 Å². The summed E-state index contributed by atoms with van der Waals surface area (Å²) in [6, 6.07) is 0. The van der Waals surface area contributed by atoms with Gasteiger partial charge in [-0.3, -0.25) is 4.68 Å². The van der Waals surface area contributed by atoms with Crippen LogP contribution in [0.15, 0.2) is 17.4 Å². The van der Waals surface area contributed by atoms with E-state index in [9.17, 15) is 5.11 Å². The fraction of sp³-hybridized carbons (Fsp3) is 0.588. The Bertz CT molecular complexity index is 719. The molecule has 0 aliphatic carbocycles. The van der Waals surface area contributed by atoms with Gasteiger partial charge in [0.05, 0.1) is 23.4 Å². The number of nitrogens with zero attached hydrogens (tertiary/aromatic N) is 4. The third-order valence-corrected chi connectivity index (χ3v) is 4.99. The molecule has 1 unspecified atom stereocenters. The molecule has 0 bridgehead atoms. The molecule has 138 valence electrons. The number of aliphatic imine (C=N–C) groups is 1. The summed E-state index contributed by atoms with van der Waals surface area (Å²) in [6.07, 6.45) is 4.39. The van der Waals surface area contributed by atoms with Crippen molar-refractivity contribution < 1.29 is 5.11 Å². The zero-order valence-electron chi connectivity index (χ0n) is 15.6. The van der Waals surface area contributed by atoms with Gasteiger partial charge in [0.2, 0.25) is 0 Å². The van der Waals surface area contributed by atoms with Gasteiger partial charge >= 0.3 is 0 Å². The standard InChI is InChI=1S/C17H28N6OS/c1-6-18-16(19-8-7-15-12(2)22-13(3)25-15)20-11-17(4,24)14-9-21-23(5)10-14/h9-10,24H,6-8,11H2,1-5H3,(H2,18,19,20). The minimum Gasteiger partial charge on any atom is -0.383 e. The van der Waals surface area contributed by atoms with Gasteiger partial charge in [0.15, 0.2) is 5.96 Å². The summed E-state index contributed by atoms with van der Waals surface area (Å²) in [6.45, 7) is 9.63. The third-order valence-electron chi connectivity index (χ3n) is 3.86. The lowest BCUT2D eigenvalue weighted by molar-refractivity contribution is 0.0672. The molecule has 2 aromatic heterocycles. The summed E-state index contributed by atoms with van der Waals surface area (Å²) in [5.74, 6) is 0.700. The Morgan fingerprint density at radius 3 is 2.72 bits per heavy atom. The highest BCUT2D eigenvalue weighted by atomic mass is 32.1. The first-order chi connectivity index (χ1) is 11.8. The van der Waals surface area contributed by atoms with Gasteiger partial charge in [-0.25, -0.2) is 9.98 Å². The summed E-state index contributed by atoms with van der Waals surface area (Å²) in [5.41, 5.74) is 0.804. The van der Waals surface area contributed by atoms with Crippen LogP contribution in [0.1, 0.15) is 35.0 Å². The molecule has 8 heteroatoms. The van der Waals surface area contributed by atoms with Crippen LogP contribution in [-0.2, 0) is 19.1 Å². The van der Waals surface area contributed by atoms with Crippen molar-refractivity contribution in [2.75, 3.05) is 19.6 Å². The summed E-state index contributed by atoms with van der Waals surface area (Å²) in [7, 11) is 1.83. The number of hydrogen-bond donors (Lipinski definition) is 3. The first kappa shape index (κ1) is 19.4. The number of nitrogens with one attached hydrogen (secondary N) is 2. The highest BCUT2D eigenvalue weighted by molar-refractivity contribution is 7.11. The molecule has 0 radical (unpaired) electrons. The molecule has 0 amide bonds. The Kier molecular flexibility index (Phi) is 6.55. The van der Waals surface area contributed by atoms with E-state index in [2.05, 4.69) is 25.7 Å². The number of aromatic nitrogens is 3. The van der Waals surface area contributed by atoms with E-state index in [1.165, 1.54) is 4.88 Å². The second kappa shape index (κ2) is 8.44. The maximum absolute atomic E-state index is 10.6. The normalized spacial score (nSPS) is 14.4. The Balaban J connectivity index is 1.94. The molecule has 0 saturated heterocycles. The molecule has 1 atom stereocenters. The van der Waals surface area contributed by atoms with Crippen LogP contribution in [0, 0.1) is 13.8 Å². The largest absolute Gasteiger partial charge is 0.383 e. The second-order valence-electron chi connectivity index (χ2n) is 6.29. The fourth-order valence-electron chi connectivity index (χ4n) is 2.47. The van der Waals surface area contributed by atoms with Crippen molar-refractivity contribution in [1.82, 2.24) is 25.4 Å². The number of aryl methyl sites for hydroxylation is 3. The summed E-state index contributed by atoms with van der Waals surface area (Å²) < 4.78 is 1.68. The highest BCUT2D eigenvalue weighted by Crippen LogP contribution is 2.20. The molecule has 0 aromatic carbocycles. The SMILES string of the molecule is CCNC(=NCC(C)(O)c1cnn(C)c1)NCCc1sc(C)nc1C. The summed E-state index contributed by atoms with van der Waals surface area (Å²) in [4.78, 5) is 10.3.